The Kier molecular flexibility index (Phi) is 4.30. The van der Waals surface area contributed by atoms with Crippen molar-refractivity contribution in [2.45, 2.75) is 13.1 Å². The minimum atomic E-state index is -4.61. The summed E-state index contributed by atoms with van der Waals surface area (Å²) >= 11 is 2.21. The number of aryl methyl sites for hydroxylation is 1. The Morgan fingerprint density at radius 2 is 1.84 bits per heavy atom. The third-order valence-corrected chi connectivity index (χ3v) is 5.26. The van der Waals surface area contributed by atoms with E-state index in [0.29, 0.717) is 11.5 Å². The number of benzene rings is 1. The molecule has 1 heterocycles. The van der Waals surface area contributed by atoms with Gasteiger partial charge in [0, 0.05) is 17.1 Å². The zero-order valence-electron chi connectivity index (χ0n) is 10.1. The molecule has 1 fully saturated rings. The lowest BCUT2D eigenvalue weighted by Crippen LogP contribution is -2.21. The number of hydrogen-bond acceptors (Lipinski definition) is 3. The van der Waals surface area contributed by atoms with Crippen molar-refractivity contribution >= 4 is 29.3 Å². The molecule has 1 aliphatic rings. The van der Waals surface area contributed by atoms with Crippen LogP contribution in [0, 0.1) is 6.92 Å². The van der Waals surface area contributed by atoms with Gasteiger partial charge in [-0.2, -0.15) is 13.2 Å². The summed E-state index contributed by atoms with van der Waals surface area (Å²) in [7, 11) is 0. The number of rotatable bonds is 2. The van der Waals surface area contributed by atoms with Crippen LogP contribution in [0.15, 0.2) is 34.1 Å². The molecule has 1 aromatic rings. The van der Waals surface area contributed by atoms with E-state index in [1.165, 1.54) is 12.1 Å². The SMILES string of the molecule is Cc1cccc(C(=O)C(=C2SCCS2)C(F)(F)F)c1. The number of thioether (sulfide) groups is 2. The molecule has 0 bridgehead atoms. The lowest BCUT2D eigenvalue weighted by molar-refractivity contribution is -0.0887. The maximum Gasteiger partial charge on any atom is 0.421 e. The Morgan fingerprint density at radius 3 is 2.37 bits per heavy atom. The van der Waals surface area contributed by atoms with E-state index < -0.39 is 17.5 Å². The number of ketones is 1. The Balaban J connectivity index is 2.45. The van der Waals surface area contributed by atoms with E-state index >= 15 is 0 Å². The smallest absolute Gasteiger partial charge is 0.289 e. The molecule has 0 unspecified atom stereocenters. The first-order valence-corrected chi connectivity index (χ1v) is 7.55. The average molecular weight is 304 g/mol. The first-order chi connectivity index (χ1) is 8.89. The molecule has 6 heteroatoms. The predicted octanol–water partition coefficient (Wildman–Crippen LogP) is 4.43. The minimum Gasteiger partial charge on any atom is -0.289 e. The van der Waals surface area contributed by atoms with Gasteiger partial charge in [-0.15, -0.1) is 23.5 Å². The molecule has 1 aromatic carbocycles. The number of Topliss-reactive ketones (excluding diaryl/α,β-unsaturated/α-hetero) is 1. The summed E-state index contributed by atoms with van der Waals surface area (Å²) in [5.41, 5.74) is -0.164. The van der Waals surface area contributed by atoms with E-state index in [-0.39, 0.29) is 9.80 Å². The minimum absolute atomic E-state index is 0.0907. The van der Waals surface area contributed by atoms with Gasteiger partial charge >= 0.3 is 6.18 Å². The summed E-state index contributed by atoms with van der Waals surface area (Å²) < 4.78 is 39.4. The number of alkyl halides is 3. The number of carbonyl (C=O) groups excluding carboxylic acids is 1. The topological polar surface area (TPSA) is 17.1 Å². The fraction of sp³-hybridized carbons (Fsp3) is 0.308. The van der Waals surface area contributed by atoms with Crippen LogP contribution in [-0.4, -0.2) is 23.5 Å². The predicted molar refractivity (Wildman–Crippen MR) is 73.5 cm³/mol. The van der Waals surface area contributed by atoms with Crippen molar-refractivity contribution in [3.63, 3.8) is 0 Å². The summed E-state index contributed by atoms with van der Waals surface area (Å²) in [6, 6.07) is 6.25. The van der Waals surface area contributed by atoms with E-state index in [0.717, 1.165) is 29.1 Å². The van der Waals surface area contributed by atoms with Gasteiger partial charge in [0.1, 0.15) is 5.57 Å². The molecule has 2 rings (SSSR count). The van der Waals surface area contributed by atoms with Crippen LogP contribution in [0.25, 0.3) is 0 Å². The second kappa shape index (κ2) is 5.63. The Hall–Kier alpha value is -0.880. The van der Waals surface area contributed by atoms with E-state index in [4.69, 9.17) is 0 Å². The lowest BCUT2D eigenvalue weighted by atomic mass is 10.0. The first-order valence-electron chi connectivity index (χ1n) is 5.58. The molecule has 0 amide bonds. The van der Waals surface area contributed by atoms with Crippen LogP contribution in [0.3, 0.4) is 0 Å². The van der Waals surface area contributed by atoms with Crippen molar-refractivity contribution in [2.24, 2.45) is 0 Å². The maximum atomic E-state index is 13.1. The number of allylic oxidation sites excluding steroid dienone is 1. The molecule has 1 saturated heterocycles. The number of carbonyl (C=O) groups is 1. The summed E-state index contributed by atoms with van der Waals surface area (Å²) in [5.74, 6) is 0.287. The molecule has 19 heavy (non-hydrogen) atoms. The summed E-state index contributed by atoms with van der Waals surface area (Å²) in [4.78, 5) is 12.1. The number of halogens is 3. The quantitative estimate of drug-likeness (QED) is 0.594. The average Bonchev–Trinajstić information content (AvgIpc) is 2.80. The van der Waals surface area contributed by atoms with E-state index in [1.54, 1.807) is 19.1 Å². The third-order valence-electron chi connectivity index (χ3n) is 2.54. The highest BCUT2D eigenvalue weighted by molar-refractivity contribution is 8.25. The largest absolute Gasteiger partial charge is 0.421 e. The Morgan fingerprint density at radius 1 is 1.21 bits per heavy atom. The summed E-state index contributed by atoms with van der Waals surface area (Å²) in [5, 5.41) is 0. The van der Waals surface area contributed by atoms with Crippen LogP contribution in [0.5, 0.6) is 0 Å². The van der Waals surface area contributed by atoms with Crippen molar-refractivity contribution in [2.75, 3.05) is 11.5 Å². The maximum absolute atomic E-state index is 13.1. The zero-order chi connectivity index (χ0) is 14.0. The van der Waals surface area contributed by atoms with Gasteiger partial charge in [-0.3, -0.25) is 4.79 Å². The van der Waals surface area contributed by atoms with Gasteiger partial charge < -0.3 is 0 Å². The van der Waals surface area contributed by atoms with Crippen molar-refractivity contribution in [1.82, 2.24) is 0 Å². The van der Waals surface area contributed by atoms with Crippen LogP contribution < -0.4 is 0 Å². The fourth-order valence-electron chi connectivity index (χ4n) is 1.72. The van der Waals surface area contributed by atoms with E-state index in [1.807, 2.05) is 0 Å². The van der Waals surface area contributed by atoms with Crippen molar-refractivity contribution in [1.29, 1.82) is 0 Å². The molecule has 0 radical (unpaired) electrons. The van der Waals surface area contributed by atoms with Gasteiger partial charge in [0.05, 0.1) is 4.24 Å². The van der Waals surface area contributed by atoms with Crippen molar-refractivity contribution < 1.29 is 18.0 Å². The summed E-state index contributed by atoms with van der Waals surface area (Å²) in [6.07, 6.45) is -4.61. The molecule has 102 valence electrons. The molecule has 0 N–H and O–H groups in total. The van der Waals surface area contributed by atoms with Gasteiger partial charge in [-0.25, -0.2) is 0 Å². The molecule has 1 nitrogen and oxygen atoms in total. The summed E-state index contributed by atoms with van der Waals surface area (Å²) in [6.45, 7) is 1.75. The standard InChI is InChI=1S/C13H11F3OS2/c1-8-3-2-4-9(7-8)11(17)10(13(14,15)16)12-18-5-6-19-12/h2-4,7H,5-6H2,1H3. The Labute approximate surface area is 117 Å². The number of hydrogen-bond donors (Lipinski definition) is 0. The molecule has 0 aliphatic carbocycles. The normalized spacial score (nSPS) is 15.7. The molecule has 0 saturated carbocycles. The first kappa shape index (κ1) is 14.5. The molecular formula is C13H11F3OS2. The van der Waals surface area contributed by atoms with E-state index in [9.17, 15) is 18.0 Å². The monoisotopic (exact) mass is 304 g/mol. The highest BCUT2D eigenvalue weighted by Crippen LogP contribution is 2.44. The van der Waals surface area contributed by atoms with E-state index in [2.05, 4.69) is 0 Å². The highest BCUT2D eigenvalue weighted by atomic mass is 32.2. The van der Waals surface area contributed by atoms with Gasteiger partial charge in [0.15, 0.2) is 5.78 Å². The fourth-order valence-corrected chi connectivity index (χ4v) is 4.30. The lowest BCUT2D eigenvalue weighted by Gasteiger charge is -2.13. The van der Waals surface area contributed by atoms with Crippen LogP contribution in [0.2, 0.25) is 0 Å². The second-order valence-corrected chi connectivity index (χ2v) is 6.52. The van der Waals surface area contributed by atoms with Gasteiger partial charge in [-0.1, -0.05) is 23.8 Å². The Bertz CT molecular complexity index is 527. The third kappa shape index (κ3) is 3.36. The van der Waals surface area contributed by atoms with Gasteiger partial charge in [-0.05, 0) is 13.0 Å². The van der Waals surface area contributed by atoms with Gasteiger partial charge in [0.25, 0.3) is 0 Å². The van der Waals surface area contributed by atoms with Crippen molar-refractivity contribution in [3.05, 3.63) is 45.2 Å². The van der Waals surface area contributed by atoms with Crippen LogP contribution in [0.4, 0.5) is 13.2 Å². The second-order valence-electron chi connectivity index (χ2n) is 4.06. The van der Waals surface area contributed by atoms with Crippen LogP contribution in [-0.2, 0) is 0 Å². The molecule has 1 aliphatic heterocycles. The highest BCUT2D eigenvalue weighted by Gasteiger charge is 2.42. The molecule has 0 spiro atoms. The molecular weight excluding hydrogens is 293 g/mol. The molecule has 0 atom stereocenters. The van der Waals surface area contributed by atoms with Gasteiger partial charge in [0.2, 0.25) is 0 Å². The van der Waals surface area contributed by atoms with Crippen LogP contribution >= 0.6 is 23.5 Å². The molecule has 0 aromatic heterocycles. The van der Waals surface area contributed by atoms with Crippen LogP contribution in [0.1, 0.15) is 15.9 Å². The van der Waals surface area contributed by atoms with Crippen molar-refractivity contribution in [3.8, 4) is 0 Å². The zero-order valence-corrected chi connectivity index (χ0v) is 11.7.